The molecule has 0 spiro atoms. The van der Waals surface area contributed by atoms with Crippen molar-refractivity contribution in [1.29, 1.82) is 5.26 Å². The Morgan fingerprint density at radius 2 is 1.88 bits per heavy atom. The lowest BCUT2D eigenvalue weighted by molar-refractivity contribution is -0.138. The number of rotatable bonds is 6. The molecule has 0 saturated carbocycles. The first-order chi connectivity index (χ1) is 11.6. The SMILES string of the molecule is N#Cc1ccccc1COC(=O)C=Cc1ccc(OC(F)F)cc1. The molecule has 0 heterocycles. The molecule has 0 bridgehead atoms. The van der Waals surface area contributed by atoms with Crippen LogP contribution in [-0.4, -0.2) is 12.6 Å². The molecule has 0 aliphatic carbocycles. The highest BCUT2D eigenvalue weighted by atomic mass is 19.3. The van der Waals surface area contributed by atoms with E-state index in [4.69, 9.17) is 10.00 Å². The van der Waals surface area contributed by atoms with Crippen molar-refractivity contribution in [3.05, 3.63) is 71.3 Å². The van der Waals surface area contributed by atoms with Gasteiger partial charge >= 0.3 is 12.6 Å². The quantitative estimate of drug-likeness (QED) is 0.595. The number of ether oxygens (including phenoxy) is 2. The Balaban J connectivity index is 1.90. The second-order valence-electron chi connectivity index (χ2n) is 4.66. The molecule has 24 heavy (non-hydrogen) atoms. The first-order valence-electron chi connectivity index (χ1n) is 6.96. The van der Waals surface area contributed by atoms with Crippen molar-refractivity contribution >= 4 is 12.0 Å². The van der Waals surface area contributed by atoms with Crippen LogP contribution in [0.25, 0.3) is 6.08 Å². The Labute approximate surface area is 137 Å². The van der Waals surface area contributed by atoms with Crippen molar-refractivity contribution in [3.8, 4) is 11.8 Å². The second kappa shape index (κ2) is 8.44. The lowest BCUT2D eigenvalue weighted by Crippen LogP contribution is -2.02. The van der Waals surface area contributed by atoms with Crippen molar-refractivity contribution in [2.24, 2.45) is 0 Å². The minimum Gasteiger partial charge on any atom is -0.458 e. The van der Waals surface area contributed by atoms with Crippen LogP contribution in [0.1, 0.15) is 16.7 Å². The number of carbonyl (C=O) groups excluding carboxylic acids is 1. The van der Waals surface area contributed by atoms with Gasteiger partial charge < -0.3 is 9.47 Å². The van der Waals surface area contributed by atoms with Gasteiger partial charge in [-0.05, 0) is 29.8 Å². The van der Waals surface area contributed by atoms with E-state index in [2.05, 4.69) is 4.74 Å². The summed E-state index contributed by atoms with van der Waals surface area (Å²) in [7, 11) is 0. The zero-order valence-corrected chi connectivity index (χ0v) is 12.5. The molecule has 0 aromatic heterocycles. The van der Waals surface area contributed by atoms with Gasteiger partial charge in [0.25, 0.3) is 0 Å². The molecule has 4 nitrogen and oxygen atoms in total. The molecule has 0 aliphatic heterocycles. The van der Waals surface area contributed by atoms with Crippen LogP contribution in [0.3, 0.4) is 0 Å². The maximum atomic E-state index is 12.0. The molecule has 2 aromatic carbocycles. The predicted molar refractivity (Wildman–Crippen MR) is 83.1 cm³/mol. The monoisotopic (exact) mass is 329 g/mol. The predicted octanol–water partition coefficient (Wildman–Crippen LogP) is 3.92. The van der Waals surface area contributed by atoms with E-state index in [9.17, 15) is 13.6 Å². The van der Waals surface area contributed by atoms with Gasteiger partial charge in [-0.2, -0.15) is 14.0 Å². The van der Waals surface area contributed by atoms with Crippen molar-refractivity contribution in [2.75, 3.05) is 0 Å². The number of halogens is 2. The first-order valence-corrected chi connectivity index (χ1v) is 6.96. The summed E-state index contributed by atoms with van der Waals surface area (Å²) in [6.45, 7) is -2.88. The Morgan fingerprint density at radius 3 is 2.54 bits per heavy atom. The molecule has 0 amide bonds. The van der Waals surface area contributed by atoms with Gasteiger partial charge in [-0.25, -0.2) is 4.79 Å². The fourth-order valence-corrected chi connectivity index (χ4v) is 1.88. The Hall–Kier alpha value is -3.20. The van der Waals surface area contributed by atoms with Gasteiger partial charge in [0.2, 0.25) is 0 Å². The van der Waals surface area contributed by atoms with E-state index in [-0.39, 0.29) is 12.4 Å². The van der Waals surface area contributed by atoms with Crippen LogP contribution >= 0.6 is 0 Å². The maximum Gasteiger partial charge on any atom is 0.387 e. The Morgan fingerprint density at radius 1 is 1.17 bits per heavy atom. The number of nitriles is 1. The number of carbonyl (C=O) groups is 1. The summed E-state index contributed by atoms with van der Waals surface area (Å²) in [5.74, 6) is -0.534. The van der Waals surface area contributed by atoms with E-state index in [0.717, 1.165) is 0 Å². The average Bonchev–Trinajstić information content (AvgIpc) is 2.59. The molecule has 2 aromatic rings. The largest absolute Gasteiger partial charge is 0.458 e. The summed E-state index contributed by atoms with van der Waals surface area (Å²) in [6, 6.07) is 14.7. The molecule has 0 radical (unpaired) electrons. The molecule has 0 fully saturated rings. The number of alkyl halides is 2. The van der Waals surface area contributed by atoms with Gasteiger partial charge in [-0.1, -0.05) is 30.3 Å². The summed E-state index contributed by atoms with van der Waals surface area (Å²) in [5.41, 5.74) is 1.70. The van der Waals surface area contributed by atoms with E-state index >= 15 is 0 Å². The lowest BCUT2D eigenvalue weighted by atomic mass is 10.1. The Bertz CT molecular complexity index is 765. The molecule has 0 saturated heterocycles. The maximum absolute atomic E-state index is 12.0. The molecule has 0 N–H and O–H groups in total. The second-order valence-corrected chi connectivity index (χ2v) is 4.66. The fraction of sp³-hybridized carbons (Fsp3) is 0.111. The van der Waals surface area contributed by atoms with Crippen molar-refractivity contribution in [1.82, 2.24) is 0 Å². The third-order valence-electron chi connectivity index (χ3n) is 3.02. The molecule has 2 rings (SSSR count). The van der Waals surface area contributed by atoms with E-state index in [1.807, 2.05) is 6.07 Å². The van der Waals surface area contributed by atoms with E-state index in [1.165, 1.54) is 36.4 Å². The third-order valence-corrected chi connectivity index (χ3v) is 3.02. The summed E-state index contributed by atoms with van der Waals surface area (Å²) in [5, 5.41) is 8.95. The summed E-state index contributed by atoms with van der Waals surface area (Å²) in [4.78, 5) is 11.7. The molecule has 122 valence electrons. The highest BCUT2D eigenvalue weighted by Gasteiger charge is 2.05. The number of nitrogens with zero attached hydrogens (tertiary/aromatic N) is 1. The minimum atomic E-state index is -2.88. The highest BCUT2D eigenvalue weighted by Crippen LogP contribution is 2.15. The van der Waals surface area contributed by atoms with E-state index < -0.39 is 12.6 Å². The van der Waals surface area contributed by atoms with Crippen molar-refractivity contribution in [2.45, 2.75) is 13.2 Å². The van der Waals surface area contributed by atoms with E-state index in [1.54, 1.807) is 24.3 Å². The average molecular weight is 329 g/mol. The van der Waals surface area contributed by atoms with Crippen LogP contribution in [-0.2, 0) is 16.1 Å². The van der Waals surface area contributed by atoms with E-state index in [0.29, 0.717) is 16.7 Å². The van der Waals surface area contributed by atoms with Crippen molar-refractivity contribution in [3.63, 3.8) is 0 Å². The van der Waals surface area contributed by atoms with Gasteiger partial charge in [-0.15, -0.1) is 0 Å². The van der Waals surface area contributed by atoms with Gasteiger partial charge in [0, 0.05) is 11.6 Å². The topological polar surface area (TPSA) is 59.3 Å². The molecule has 6 heteroatoms. The molecule has 0 atom stereocenters. The summed E-state index contributed by atoms with van der Waals surface area (Å²) >= 11 is 0. The van der Waals surface area contributed by atoms with Crippen LogP contribution in [0.5, 0.6) is 5.75 Å². The normalized spacial score (nSPS) is 10.6. The fourth-order valence-electron chi connectivity index (χ4n) is 1.88. The number of esters is 1. The van der Waals surface area contributed by atoms with Gasteiger partial charge in [0.1, 0.15) is 12.4 Å². The molecular weight excluding hydrogens is 316 g/mol. The zero-order valence-electron chi connectivity index (χ0n) is 12.5. The third kappa shape index (κ3) is 5.21. The van der Waals surface area contributed by atoms with Crippen LogP contribution in [0.15, 0.2) is 54.6 Å². The van der Waals surface area contributed by atoms with Crippen LogP contribution in [0.2, 0.25) is 0 Å². The smallest absolute Gasteiger partial charge is 0.387 e. The van der Waals surface area contributed by atoms with Gasteiger partial charge in [-0.3, -0.25) is 0 Å². The number of hydrogen-bond donors (Lipinski definition) is 0. The van der Waals surface area contributed by atoms with Crippen molar-refractivity contribution < 1.29 is 23.0 Å². The minimum absolute atomic E-state index is 0.00588. The molecule has 0 aliphatic rings. The van der Waals surface area contributed by atoms with Crippen LogP contribution in [0.4, 0.5) is 8.78 Å². The zero-order chi connectivity index (χ0) is 17.4. The van der Waals surface area contributed by atoms with Gasteiger partial charge in [0.05, 0.1) is 11.6 Å². The lowest BCUT2D eigenvalue weighted by Gasteiger charge is -2.04. The number of benzene rings is 2. The van der Waals surface area contributed by atoms with Crippen LogP contribution in [0, 0.1) is 11.3 Å². The van der Waals surface area contributed by atoms with Gasteiger partial charge in [0.15, 0.2) is 0 Å². The Kier molecular flexibility index (Phi) is 6.03. The standard InChI is InChI=1S/C18H13F2NO3/c19-18(20)24-16-8-5-13(6-9-16)7-10-17(22)23-12-15-4-2-1-3-14(15)11-21/h1-10,18H,12H2. The molecular formula is C18H13F2NO3. The van der Waals surface area contributed by atoms with Crippen LogP contribution < -0.4 is 4.74 Å². The summed E-state index contributed by atoms with van der Waals surface area (Å²) < 4.78 is 33.4. The first kappa shape index (κ1) is 17.2. The highest BCUT2D eigenvalue weighted by molar-refractivity contribution is 5.87. The summed E-state index contributed by atoms with van der Waals surface area (Å²) in [6.07, 6.45) is 2.71. The number of hydrogen-bond acceptors (Lipinski definition) is 4. The molecule has 0 unspecified atom stereocenters.